The molecule has 2 aromatic rings. The Morgan fingerprint density at radius 1 is 1.44 bits per heavy atom. The van der Waals surface area contributed by atoms with E-state index in [1.165, 1.54) is 12.1 Å². The van der Waals surface area contributed by atoms with Gasteiger partial charge in [-0.25, -0.2) is 4.39 Å². The van der Waals surface area contributed by atoms with E-state index in [1.807, 2.05) is 0 Å². The van der Waals surface area contributed by atoms with Crippen LogP contribution in [0.4, 0.5) is 4.39 Å². The van der Waals surface area contributed by atoms with E-state index in [4.69, 9.17) is 16.7 Å². The minimum atomic E-state index is -0.356. The largest absolute Gasteiger partial charge is 0.392 e. The highest BCUT2D eigenvalue weighted by Gasteiger charge is 2.04. The molecule has 16 heavy (non-hydrogen) atoms. The molecule has 84 valence electrons. The fourth-order valence-electron chi connectivity index (χ4n) is 1.40. The lowest BCUT2D eigenvalue weighted by Crippen LogP contribution is -2.00. The van der Waals surface area contributed by atoms with Crippen LogP contribution in [0.2, 0.25) is 5.02 Å². The van der Waals surface area contributed by atoms with Gasteiger partial charge in [0, 0.05) is 16.8 Å². The summed E-state index contributed by atoms with van der Waals surface area (Å²) >= 11 is 5.89. The Kier molecular flexibility index (Phi) is 3.22. The van der Waals surface area contributed by atoms with Crippen LogP contribution in [0.15, 0.2) is 30.6 Å². The predicted molar refractivity (Wildman–Crippen MR) is 58.7 cm³/mol. The van der Waals surface area contributed by atoms with Crippen LogP contribution >= 0.6 is 11.6 Å². The van der Waals surface area contributed by atoms with Gasteiger partial charge in [-0.1, -0.05) is 17.7 Å². The second-order valence-electron chi connectivity index (χ2n) is 3.44. The van der Waals surface area contributed by atoms with Crippen LogP contribution in [-0.4, -0.2) is 14.9 Å². The summed E-state index contributed by atoms with van der Waals surface area (Å²) < 4.78 is 14.4. The third-order valence-corrected chi connectivity index (χ3v) is 2.57. The zero-order chi connectivity index (χ0) is 11.5. The molecule has 2 rings (SSSR count). The van der Waals surface area contributed by atoms with Crippen LogP contribution in [0.1, 0.15) is 11.1 Å². The summed E-state index contributed by atoms with van der Waals surface area (Å²) in [5.74, 6) is -0.356. The van der Waals surface area contributed by atoms with Crippen LogP contribution in [0.25, 0.3) is 0 Å². The second-order valence-corrected chi connectivity index (χ2v) is 3.85. The zero-order valence-electron chi connectivity index (χ0n) is 8.40. The number of rotatable bonds is 3. The van der Waals surface area contributed by atoms with Crippen molar-refractivity contribution in [1.82, 2.24) is 9.78 Å². The molecule has 1 aromatic carbocycles. The zero-order valence-corrected chi connectivity index (χ0v) is 9.15. The maximum Gasteiger partial charge on any atom is 0.124 e. The third-order valence-electron chi connectivity index (χ3n) is 2.22. The van der Waals surface area contributed by atoms with Crippen molar-refractivity contribution in [3.63, 3.8) is 0 Å². The lowest BCUT2D eigenvalue weighted by molar-refractivity contribution is 0.281. The topological polar surface area (TPSA) is 38.1 Å². The van der Waals surface area contributed by atoms with Crippen molar-refractivity contribution >= 4 is 11.6 Å². The van der Waals surface area contributed by atoms with Gasteiger partial charge in [0.25, 0.3) is 0 Å². The Hall–Kier alpha value is -1.39. The minimum absolute atomic E-state index is 0.0445. The molecule has 0 atom stereocenters. The van der Waals surface area contributed by atoms with Gasteiger partial charge in [-0.2, -0.15) is 5.10 Å². The fourth-order valence-corrected chi connectivity index (χ4v) is 1.63. The molecule has 0 spiro atoms. The number of aliphatic hydroxyl groups is 1. The van der Waals surface area contributed by atoms with Gasteiger partial charge in [0.1, 0.15) is 5.82 Å². The predicted octanol–water partition coefficient (Wildman–Crippen LogP) is 2.22. The van der Waals surface area contributed by atoms with Gasteiger partial charge in [0.05, 0.1) is 19.3 Å². The maximum absolute atomic E-state index is 12.8. The Bertz CT molecular complexity index is 498. The lowest BCUT2D eigenvalue weighted by Gasteiger charge is -2.04. The molecular formula is C11H10ClFN2O. The van der Waals surface area contributed by atoms with Crippen molar-refractivity contribution < 1.29 is 9.50 Å². The molecular weight excluding hydrogens is 231 g/mol. The summed E-state index contributed by atoms with van der Waals surface area (Å²) in [6.07, 6.45) is 3.30. The number of benzene rings is 1. The average molecular weight is 241 g/mol. The maximum atomic E-state index is 12.8. The van der Waals surface area contributed by atoms with Gasteiger partial charge in [-0.3, -0.25) is 4.68 Å². The monoisotopic (exact) mass is 240 g/mol. The number of halogens is 2. The molecule has 3 nitrogen and oxygen atoms in total. The fraction of sp³-hybridized carbons (Fsp3) is 0.182. The summed E-state index contributed by atoms with van der Waals surface area (Å²) in [7, 11) is 0. The summed E-state index contributed by atoms with van der Waals surface area (Å²) in [6, 6.07) is 4.25. The average Bonchev–Trinajstić information content (AvgIpc) is 2.70. The summed E-state index contributed by atoms with van der Waals surface area (Å²) in [5, 5.41) is 13.3. The quantitative estimate of drug-likeness (QED) is 0.893. The van der Waals surface area contributed by atoms with E-state index < -0.39 is 0 Å². The van der Waals surface area contributed by atoms with E-state index >= 15 is 0 Å². The molecule has 0 aliphatic carbocycles. The SMILES string of the molecule is OCc1cnn(Cc2ccc(F)cc2Cl)c1. The highest BCUT2D eigenvalue weighted by atomic mass is 35.5. The molecule has 0 saturated heterocycles. The third kappa shape index (κ3) is 2.40. The van der Waals surface area contributed by atoms with Gasteiger partial charge in [-0.15, -0.1) is 0 Å². The van der Waals surface area contributed by atoms with Crippen molar-refractivity contribution in [3.05, 3.63) is 52.6 Å². The Morgan fingerprint density at radius 3 is 2.88 bits per heavy atom. The van der Waals surface area contributed by atoms with Crippen LogP contribution in [0.5, 0.6) is 0 Å². The molecule has 0 aliphatic rings. The lowest BCUT2D eigenvalue weighted by atomic mass is 10.2. The molecule has 5 heteroatoms. The van der Waals surface area contributed by atoms with E-state index in [1.54, 1.807) is 23.1 Å². The van der Waals surface area contributed by atoms with Gasteiger partial charge < -0.3 is 5.11 Å². The van der Waals surface area contributed by atoms with Crippen LogP contribution < -0.4 is 0 Å². The van der Waals surface area contributed by atoms with E-state index in [0.717, 1.165) is 11.1 Å². The molecule has 0 amide bonds. The molecule has 1 heterocycles. The number of hydrogen-bond acceptors (Lipinski definition) is 2. The Morgan fingerprint density at radius 2 is 2.25 bits per heavy atom. The first-order valence-corrected chi connectivity index (χ1v) is 5.13. The molecule has 0 saturated carbocycles. The minimum Gasteiger partial charge on any atom is -0.392 e. The van der Waals surface area contributed by atoms with E-state index in [0.29, 0.717) is 11.6 Å². The van der Waals surface area contributed by atoms with Gasteiger partial charge in [-0.05, 0) is 17.7 Å². The number of nitrogens with zero attached hydrogens (tertiary/aromatic N) is 2. The van der Waals surface area contributed by atoms with Gasteiger partial charge in [0.2, 0.25) is 0 Å². The van der Waals surface area contributed by atoms with Crippen molar-refractivity contribution in [2.75, 3.05) is 0 Å². The summed E-state index contributed by atoms with van der Waals surface area (Å²) in [4.78, 5) is 0. The Balaban J connectivity index is 2.20. The summed E-state index contributed by atoms with van der Waals surface area (Å²) in [5.41, 5.74) is 1.52. The van der Waals surface area contributed by atoms with Crippen molar-refractivity contribution in [3.8, 4) is 0 Å². The first-order chi connectivity index (χ1) is 7.69. The Labute approximate surface area is 97.1 Å². The molecule has 0 radical (unpaired) electrons. The smallest absolute Gasteiger partial charge is 0.124 e. The summed E-state index contributed by atoms with van der Waals surface area (Å²) in [6.45, 7) is 0.413. The highest BCUT2D eigenvalue weighted by molar-refractivity contribution is 6.31. The first kappa shape index (κ1) is 11.1. The molecule has 0 unspecified atom stereocenters. The first-order valence-electron chi connectivity index (χ1n) is 4.75. The van der Waals surface area contributed by atoms with Crippen molar-refractivity contribution in [1.29, 1.82) is 0 Å². The van der Waals surface area contributed by atoms with E-state index in [9.17, 15) is 4.39 Å². The standard InChI is InChI=1S/C11H10ClFN2O/c12-11-3-10(13)2-1-9(11)6-15-5-8(7-16)4-14-15/h1-5,16H,6-7H2. The van der Waals surface area contributed by atoms with Crippen LogP contribution in [0, 0.1) is 5.82 Å². The van der Waals surface area contributed by atoms with Crippen molar-refractivity contribution in [2.24, 2.45) is 0 Å². The van der Waals surface area contributed by atoms with E-state index in [-0.39, 0.29) is 12.4 Å². The molecule has 1 N–H and O–H groups in total. The van der Waals surface area contributed by atoms with Crippen molar-refractivity contribution in [2.45, 2.75) is 13.2 Å². The second kappa shape index (κ2) is 4.63. The van der Waals surface area contributed by atoms with E-state index in [2.05, 4.69) is 5.10 Å². The number of hydrogen-bond donors (Lipinski definition) is 1. The highest BCUT2D eigenvalue weighted by Crippen LogP contribution is 2.18. The molecule has 1 aromatic heterocycles. The number of aliphatic hydroxyl groups excluding tert-OH is 1. The molecule has 0 bridgehead atoms. The number of aromatic nitrogens is 2. The van der Waals surface area contributed by atoms with Crippen LogP contribution in [0.3, 0.4) is 0 Å². The molecule has 0 fully saturated rings. The van der Waals surface area contributed by atoms with Gasteiger partial charge in [0.15, 0.2) is 0 Å². The van der Waals surface area contributed by atoms with Crippen LogP contribution in [-0.2, 0) is 13.2 Å². The normalized spacial score (nSPS) is 10.7. The molecule has 0 aliphatic heterocycles. The van der Waals surface area contributed by atoms with Gasteiger partial charge >= 0.3 is 0 Å².